The molecule has 2 N–H and O–H groups in total. The minimum Gasteiger partial charge on any atom is -0.469 e. The van der Waals surface area contributed by atoms with Gasteiger partial charge in [0.15, 0.2) is 12.1 Å². The summed E-state index contributed by atoms with van der Waals surface area (Å²) < 4.78 is 11.1. The van der Waals surface area contributed by atoms with Crippen LogP contribution in [0.3, 0.4) is 0 Å². The molecular formula is C17H19N3O2. The Morgan fingerprint density at radius 1 is 1.09 bits per heavy atom. The molecule has 0 saturated carbocycles. The number of benzene rings is 2. The number of nitrogen functional groups attached to an aromatic ring is 1. The molecule has 5 nitrogen and oxygen atoms in total. The Bertz CT molecular complexity index is 654. The summed E-state index contributed by atoms with van der Waals surface area (Å²) >= 11 is 0. The molecule has 2 aromatic rings. The van der Waals surface area contributed by atoms with Crippen LogP contribution in [0, 0.1) is 0 Å². The van der Waals surface area contributed by atoms with E-state index < -0.39 is 0 Å². The van der Waals surface area contributed by atoms with Crippen LogP contribution < -0.4 is 15.2 Å². The second-order valence-corrected chi connectivity index (χ2v) is 4.62. The van der Waals surface area contributed by atoms with Crippen LogP contribution in [0.25, 0.3) is 0 Å². The zero-order valence-electron chi connectivity index (χ0n) is 12.6. The number of rotatable bonds is 5. The topological polar surface area (TPSA) is 69.2 Å². The molecule has 0 fully saturated rings. The number of para-hydroxylation sites is 1. The van der Waals surface area contributed by atoms with Crippen molar-refractivity contribution < 1.29 is 9.47 Å². The zero-order valence-corrected chi connectivity index (χ0v) is 12.6. The van der Waals surface area contributed by atoms with Crippen molar-refractivity contribution in [2.45, 2.75) is 20.1 Å². The van der Waals surface area contributed by atoms with Crippen molar-refractivity contribution in [3.63, 3.8) is 0 Å². The van der Waals surface area contributed by atoms with E-state index in [2.05, 4.69) is 9.98 Å². The second kappa shape index (κ2) is 7.83. The molecule has 5 heteroatoms. The zero-order chi connectivity index (χ0) is 15.8. The summed E-state index contributed by atoms with van der Waals surface area (Å²) in [5, 5.41) is 0. The minimum atomic E-state index is -0.327. The van der Waals surface area contributed by atoms with Crippen molar-refractivity contribution in [1.29, 1.82) is 0 Å². The number of aliphatic imine (C=N–C) groups is 2. The van der Waals surface area contributed by atoms with Crippen molar-refractivity contribution in [3.8, 4) is 11.5 Å². The molecule has 0 saturated heterocycles. The Labute approximate surface area is 130 Å². The van der Waals surface area contributed by atoms with E-state index in [1.54, 1.807) is 19.1 Å². The van der Waals surface area contributed by atoms with Crippen LogP contribution in [0.5, 0.6) is 11.5 Å². The molecule has 2 rings (SSSR count). The van der Waals surface area contributed by atoms with Gasteiger partial charge >= 0.3 is 0 Å². The standard InChI is InChI=1S/C17H19N3O2/c1-13(21-16-8-4-3-5-9-16)19-12-20-14(2)22-17-10-6-7-15(18)11-17/h3-13H,18H2,1-2H3/b19-12-,20-14+. The van der Waals surface area contributed by atoms with E-state index in [4.69, 9.17) is 15.2 Å². The molecule has 0 spiro atoms. The summed E-state index contributed by atoms with van der Waals surface area (Å²) in [5.74, 6) is 1.88. The summed E-state index contributed by atoms with van der Waals surface area (Å²) in [5.41, 5.74) is 6.33. The van der Waals surface area contributed by atoms with Gasteiger partial charge in [-0.3, -0.25) is 0 Å². The molecule has 0 radical (unpaired) electrons. The van der Waals surface area contributed by atoms with Gasteiger partial charge in [0.1, 0.15) is 17.8 Å². The fraction of sp³-hybridized carbons (Fsp3) is 0.176. The third-order valence-corrected chi connectivity index (χ3v) is 2.69. The van der Waals surface area contributed by atoms with Gasteiger partial charge in [0.05, 0.1) is 0 Å². The molecule has 0 aromatic heterocycles. The summed E-state index contributed by atoms with van der Waals surface area (Å²) in [4.78, 5) is 8.29. The van der Waals surface area contributed by atoms with Gasteiger partial charge < -0.3 is 15.2 Å². The lowest BCUT2D eigenvalue weighted by molar-refractivity contribution is 0.233. The second-order valence-electron chi connectivity index (χ2n) is 4.62. The Hall–Kier alpha value is -2.82. The summed E-state index contributed by atoms with van der Waals surface area (Å²) in [6.07, 6.45) is 1.10. The van der Waals surface area contributed by atoms with Crippen LogP contribution in [0.4, 0.5) is 5.69 Å². The summed E-state index contributed by atoms with van der Waals surface area (Å²) in [6, 6.07) is 16.7. The maximum atomic E-state index is 5.68. The van der Waals surface area contributed by atoms with Gasteiger partial charge in [-0.15, -0.1) is 0 Å². The third-order valence-electron chi connectivity index (χ3n) is 2.69. The highest BCUT2D eigenvalue weighted by Crippen LogP contribution is 2.14. The fourth-order valence-electron chi connectivity index (χ4n) is 1.71. The van der Waals surface area contributed by atoms with Gasteiger partial charge in [-0.1, -0.05) is 24.3 Å². The van der Waals surface area contributed by atoms with Gasteiger partial charge in [-0.2, -0.15) is 0 Å². The Morgan fingerprint density at radius 3 is 2.55 bits per heavy atom. The van der Waals surface area contributed by atoms with Crippen molar-refractivity contribution in [2.75, 3.05) is 5.73 Å². The van der Waals surface area contributed by atoms with E-state index in [1.807, 2.05) is 49.4 Å². The Kier molecular flexibility index (Phi) is 5.54. The molecule has 22 heavy (non-hydrogen) atoms. The molecular weight excluding hydrogens is 278 g/mol. The average Bonchev–Trinajstić information content (AvgIpc) is 2.48. The van der Waals surface area contributed by atoms with Gasteiger partial charge in [0.2, 0.25) is 0 Å². The predicted octanol–water partition coefficient (Wildman–Crippen LogP) is 3.52. The number of hydrogen-bond acceptors (Lipinski definition) is 4. The van der Waals surface area contributed by atoms with E-state index in [1.165, 1.54) is 6.34 Å². The molecule has 0 aliphatic carbocycles. The van der Waals surface area contributed by atoms with Gasteiger partial charge in [0.25, 0.3) is 0 Å². The quantitative estimate of drug-likeness (QED) is 0.521. The molecule has 2 aromatic carbocycles. The molecule has 1 unspecified atom stereocenters. The highest BCUT2D eigenvalue weighted by atomic mass is 16.5. The van der Waals surface area contributed by atoms with Crippen LogP contribution in [0.15, 0.2) is 64.6 Å². The van der Waals surface area contributed by atoms with Crippen molar-refractivity contribution >= 4 is 17.9 Å². The van der Waals surface area contributed by atoms with Gasteiger partial charge in [-0.05, 0) is 31.2 Å². The smallest absolute Gasteiger partial charge is 0.192 e. The first-order valence-corrected chi connectivity index (χ1v) is 6.94. The largest absolute Gasteiger partial charge is 0.469 e. The molecule has 0 aliphatic heterocycles. The molecule has 1 atom stereocenters. The summed E-state index contributed by atoms with van der Waals surface area (Å²) in [7, 11) is 0. The van der Waals surface area contributed by atoms with Crippen molar-refractivity contribution in [3.05, 3.63) is 54.6 Å². The normalized spacial score (nSPS) is 13.1. The summed E-state index contributed by atoms with van der Waals surface area (Å²) in [6.45, 7) is 3.59. The Morgan fingerprint density at radius 2 is 1.82 bits per heavy atom. The Balaban J connectivity index is 1.87. The van der Waals surface area contributed by atoms with Crippen molar-refractivity contribution in [1.82, 2.24) is 0 Å². The van der Waals surface area contributed by atoms with E-state index in [9.17, 15) is 0 Å². The van der Waals surface area contributed by atoms with E-state index in [0.717, 1.165) is 5.75 Å². The lowest BCUT2D eigenvalue weighted by atomic mass is 10.3. The number of hydrogen-bond donors (Lipinski definition) is 1. The van der Waals surface area contributed by atoms with E-state index in [0.29, 0.717) is 17.3 Å². The SMILES string of the molecule is C/C(=N\C=N/C(C)Oc1ccccc1)Oc1cccc(N)c1. The lowest BCUT2D eigenvalue weighted by Gasteiger charge is -2.09. The highest BCUT2D eigenvalue weighted by molar-refractivity contribution is 5.83. The predicted molar refractivity (Wildman–Crippen MR) is 89.6 cm³/mol. The third kappa shape index (κ3) is 5.28. The molecule has 0 amide bonds. The maximum Gasteiger partial charge on any atom is 0.192 e. The van der Waals surface area contributed by atoms with Gasteiger partial charge in [-0.25, -0.2) is 9.98 Å². The van der Waals surface area contributed by atoms with Crippen LogP contribution in [0.2, 0.25) is 0 Å². The van der Waals surface area contributed by atoms with Crippen LogP contribution in [0.1, 0.15) is 13.8 Å². The van der Waals surface area contributed by atoms with E-state index >= 15 is 0 Å². The number of ether oxygens (including phenoxy) is 2. The number of anilines is 1. The first-order chi connectivity index (χ1) is 10.6. The number of nitrogens with zero attached hydrogens (tertiary/aromatic N) is 2. The highest BCUT2D eigenvalue weighted by Gasteiger charge is 1.99. The van der Waals surface area contributed by atoms with E-state index in [-0.39, 0.29) is 6.23 Å². The van der Waals surface area contributed by atoms with Crippen molar-refractivity contribution in [2.24, 2.45) is 9.98 Å². The fourth-order valence-corrected chi connectivity index (χ4v) is 1.71. The maximum absolute atomic E-state index is 5.68. The van der Waals surface area contributed by atoms with Crippen LogP contribution >= 0.6 is 0 Å². The molecule has 0 bridgehead atoms. The minimum absolute atomic E-state index is 0.327. The molecule has 114 valence electrons. The van der Waals surface area contributed by atoms with Crippen LogP contribution in [-0.4, -0.2) is 18.5 Å². The first-order valence-electron chi connectivity index (χ1n) is 6.94. The molecule has 0 heterocycles. The van der Waals surface area contributed by atoms with Crippen LogP contribution in [-0.2, 0) is 0 Å². The average molecular weight is 297 g/mol. The first kappa shape index (κ1) is 15.6. The molecule has 0 aliphatic rings. The lowest BCUT2D eigenvalue weighted by Crippen LogP contribution is -2.09. The number of nitrogens with two attached hydrogens (primary N) is 1. The monoisotopic (exact) mass is 297 g/mol. The van der Waals surface area contributed by atoms with Gasteiger partial charge in [0, 0.05) is 18.7 Å².